The largest absolute Gasteiger partial charge is 0.378 e. The molecule has 0 N–H and O–H groups in total. The molecule has 1 unspecified atom stereocenters. The summed E-state index contributed by atoms with van der Waals surface area (Å²) in [5.74, 6) is -3.28. The fourth-order valence-electron chi connectivity index (χ4n) is 2.78. The second kappa shape index (κ2) is 6.80. The quantitative estimate of drug-likeness (QED) is 0.793. The van der Waals surface area contributed by atoms with E-state index in [0.717, 1.165) is 0 Å². The van der Waals surface area contributed by atoms with Gasteiger partial charge in [0, 0.05) is 26.1 Å². The van der Waals surface area contributed by atoms with Gasteiger partial charge < -0.3 is 9.64 Å². The van der Waals surface area contributed by atoms with Gasteiger partial charge in [0.15, 0.2) is 0 Å². The third-order valence-corrected chi connectivity index (χ3v) is 4.21. The van der Waals surface area contributed by atoms with Crippen LogP contribution in [0.25, 0.3) is 0 Å². The van der Waals surface area contributed by atoms with E-state index in [0.29, 0.717) is 32.5 Å². The zero-order chi connectivity index (χ0) is 14.0. The Labute approximate surface area is 120 Å². The minimum Gasteiger partial charge on any atom is -0.378 e. The van der Waals surface area contributed by atoms with Gasteiger partial charge in [0.2, 0.25) is 5.91 Å². The molecular formula is C14H26F2N2O2. The van der Waals surface area contributed by atoms with Crippen LogP contribution in [0.4, 0.5) is 8.78 Å². The second-order valence-electron chi connectivity index (χ2n) is 5.52. The molecule has 1 atom stereocenters. The Hall–Kier alpha value is -0.750. The number of ether oxygens (including phenoxy) is 1. The molecule has 4 nitrogen and oxygen atoms in total. The molecule has 0 aliphatic carbocycles. The smallest absolute Gasteiger partial charge is 0.263 e. The number of likely N-dealkylation sites (tertiary alicyclic amines) is 2. The Kier molecular flexibility index (Phi) is 5.89. The maximum absolute atomic E-state index is 13.8. The summed E-state index contributed by atoms with van der Waals surface area (Å²) in [6.45, 7) is 3.35. The monoisotopic (exact) mass is 292 g/mol. The number of amides is 1. The average Bonchev–Trinajstić information content (AvgIpc) is 2.26. The summed E-state index contributed by atoms with van der Waals surface area (Å²) in [5, 5.41) is 0. The van der Waals surface area contributed by atoms with E-state index in [2.05, 4.69) is 0 Å². The van der Waals surface area contributed by atoms with Crippen LogP contribution < -0.4 is 0 Å². The van der Waals surface area contributed by atoms with Crippen LogP contribution in [0.5, 0.6) is 0 Å². The normalized spacial score (nSPS) is 26.8. The van der Waals surface area contributed by atoms with Gasteiger partial charge in [-0.05, 0) is 19.4 Å². The fraction of sp³-hybridized carbons (Fsp3) is 0.929. The van der Waals surface area contributed by atoms with Crippen LogP contribution >= 0.6 is 0 Å². The highest BCUT2D eigenvalue weighted by molar-refractivity contribution is 5.79. The van der Waals surface area contributed by atoms with E-state index < -0.39 is 11.8 Å². The van der Waals surface area contributed by atoms with Crippen molar-refractivity contribution in [1.29, 1.82) is 0 Å². The molecule has 6 heteroatoms. The molecular weight excluding hydrogens is 266 g/mol. The zero-order valence-corrected chi connectivity index (χ0v) is 11.6. The van der Waals surface area contributed by atoms with E-state index in [9.17, 15) is 13.6 Å². The van der Waals surface area contributed by atoms with Crippen LogP contribution in [-0.4, -0.2) is 67.6 Å². The van der Waals surface area contributed by atoms with Crippen LogP contribution in [0.3, 0.4) is 0 Å². The molecule has 0 aromatic rings. The number of methoxy groups -OCH3 is 1. The second-order valence-corrected chi connectivity index (χ2v) is 5.52. The highest BCUT2D eigenvalue weighted by Gasteiger charge is 2.44. The molecule has 118 valence electrons. The molecule has 0 aromatic heterocycles. The molecule has 0 spiro atoms. The number of nitrogens with zero attached hydrogens (tertiary/aromatic N) is 2. The first-order valence-corrected chi connectivity index (χ1v) is 6.87. The van der Waals surface area contributed by atoms with Crippen molar-refractivity contribution in [2.45, 2.75) is 39.2 Å². The van der Waals surface area contributed by atoms with Crippen molar-refractivity contribution in [3.63, 3.8) is 0 Å². The molecule has 2 rings (SSSR count). The van der Waals surface area contributed by atoms with Crippen LogP contribution in [0.15, 0.2) is 0 Å². The number of rotatable bonds is 4. The molecule has 2 saturated heterocycles. The molecule has 2 fully saturated rings. The standard InChI is InChI=1S/C13H22F2N2O2.CH4/c1-3-10-4-5-16(9-13(10,14)15)8-12(18)17-6-11(7-17)19-2;/h10-11H,3-9H2,1-2H3;1H4. The summed E-state index contributed by atoms with van der Waals surface area (Å²) in [6, 6.07) is 0. The van der Waals surface area contributed by atoms with Gasteiger partial charge in [-0.25, -0.2) is 8.78 Å². The summed E-state index contributed by atoms with van der Waals surface area (Å²) in [6.07, 6.45) is 1.07. The highest BCUT2D eigenvalue weighted by atomic mass is 19.3. The molecule has 2 aliphatic heterocycles. The number of hydrogen-bond donors (Lipinski definition) is 0. The number of carbonyl (C=O) groups is 1. The Morgan fingerprint density at radius 2 is 2.05 bits per heavy atom. The van der Waals surface area contributed by atoms with E-state index in [1.165, 1.54) is 0 Å². The zero-order valence-electron chi connectivity index (χ0n) is 11.6. The van der Waals surface area contributed by atoms with Gasteiger partial charge in [0.05, 0.1) is 19.2 Å². The van der Waals surface area contributed by atoms with Gasteiger partial charge in [0.1, 0.15) is 0 Å². The predicted molar refractivity (Wildman–Crippen MR) is 73.9 cm³/mol. The lowest BCUT2D eigenvalue weighted by Crippen LogP contribution is -2.58. The molecule has 0 saturated carbocycles. The van der Waals surface area contributed by atoms with Gasteiger partial charge >= 0.3 is 0 Å². The van der Waals surface area contributed by atoms with Crippen molar-refractivity contribution >= 4 is 5.91 Å². The van der Waals surface area contributed by atoms with Crippen LogP contribution in [-0.2, 0) is 9.53 Å². The number of piperidine rings is 1. The van der Waals surface area contributed by atoms with E-state index in [-0.39, 0.29) is 32.5 Å². The maximum atomic E-state index is 13.8. The fourth-order valence-corrected chi connectivity index (χ4v) is 2.78. The Bertz CT molecular complexity index is 333. The third kappa shape index (κ3) is 3.67. The van der Waals surface area contributed by atoms with Crippen LogP contribution in [0, 0.1) is 5.92 Å². The predicted octanol–water partition coefficient (Wildman–Crippen LogP) is 1.85. The van der Waals surface area contributed by atoms with Gasteiger partial charge in [-0.3, -0.25) is 9.69 Å². The van der Waals surface area contributed by atoms with Crippen molar-refractivity contribution in [2.75, 3.05) is 39.8 Å². The van der Waals surface area contributed by atoms with Gasteiger partial charge in [-0.1, -0.05) is 14.4 Å². The van der Waals surface area contributed by atoms with E-state index in [1.807, 2.05) is 0 Å². The number of alkyl halides is 2. The molecule has 0 aromatic carbocycles. The van der Waals surface area contributed by atoms with Crippen molar-refractivity contribution in [1.82, 2.24) is 9.80 Å². The molecule has 1 amide bonds. The van der Waals surface area contributed by atoms with Crippen molar-refractivity contribution in [3.8, 4) is 0 Å². The maximum Gasteiger partial charge on any atom is 0.263 e. The molecule has 2 aliphatic rings. The van der Waals surface area contributed by atoms with Crippen molar-refractivity contribution < 1.29 is 18.3 Å². The summed E-state index contributed by atoms with van der Waals surface area (Å²) < 4.78 is 32.7. The van der Waals surface area contributed by atoms with Crippen molar-refractivity contribution in [3.05, 3.63) is 0 Å². The first kappa shape index (κ1) is 17.3. The lowest BCUT2D eigenvalue weighted by atomic mass is 9.90. The lowest BCUT2D eigenvalue weighted by molar-refractivity contribution is -0.149. The third-order valence-electron chi connectivity index (χ3n) is 4.21. The number of halogens is 2. The van der Waals surface area contributed by atoms with Gasteiger partial charge in [0.25, 0.3) is 5.92 Å². The average molecular weight is 292 g/mol. The first-order chi connectivity index (χ1) is 8.96. The Morgan fingerprint density at radius 3 is 2.55 bits per heavy atom. The van der Waals surface area contributed by atoms with Gasteiger partial charge in [-0.2, -0.15) is 0 Å². The molecule has 20 heavy (non-hydrogen) atoms. The van der Waals surface area contributed by atoms with E-state index in [1.54, 1.807) is 23.8 Å². The summed E-state index contributed by atoms with van der Waals surface area (Å²) in [7, 11) is 1.61. The number of hydrogen-bond acceptors (Lipinski definition) is 3. The van der Waals surface area contributed by atoms with E-state index >= 15 is 0 Å². The summed E-state index contributed by atoms with van der Waals surface area (Å²) >= 11 is 0. The lowest BCUT2D eigenvalue weighted by Gasteiger charge is -2.41. The molecule has 0 bridgehead atoms. The minimum atomic E-state index is -2.67. The van der Waals surface area contributed by atoms with Crippen LogP contribution in [0.1, 0.15) is 27.2 Å². The Balaban J connectivity index is 0.00000200. The number of carbonyl (C=O) groups excluding carboxylic acids is 1. The van der Waals surface area contributed by atoms with Crippen LogP contribution in [0.2, 0.25) is 0 Å². The topological polar surface area (TPSA) is 32.8 Å². The Morgan fingerprint density at radius 1 is 1.40 bits per heavy atom. The SMILES string of the molecule is C.CCC1CCN(CC(=O)N2CC(OC)C2)CC1(F)F. The first-order valence-electron chi connectivity index (χ1n) is 6.87. The highest BCUT2D eigenvalue weighted by Crippen LogP contribution is 2.34. The summed E-state index contributed by atoms with van der Waals surface area (Å²) in [5.41, 5.74) is 0. The summed E-state index contributed by atoms with van der Waals surface area (Å²) in [4.78, 5) is 15.1. The van der Waals surface area contributed by atoms with Crippen molar-refractivity contribution in [2.24, 2.45) is 5.92 Å². The molecule has 2 heterocycles. The molecule has 0 radical (unpaired) electrons. The van der Waals surface area contributed by atoms with Gasteiger partial charge in [-0.15, -0.1) is 0 Å². The van der Waals surface area contributed by atoms with E-state index in [4.69, 9.17) is 4.74 Å². The minimum absolute atomic E-state index is 0.